The van der Waals surface area contributed by atoms with Crippen LogP contribution in [0.5, 0.6) is 5.75 Å². The summed E-state index contributed by atoms with van der Waals surface area (Å²) in [5.41, 5.74) is 2.09. The summed E-state index contributed by atoms with van der Waals surface area (Å²) in [5, 5.41) is 19.5. The fourth-order valence-electron chi connectivity index (χ4n) is 4.68. The predicted molar refractivity (Wildman–Crippen MR) is 159 cm³/mol. The number of carboxylic acids is 1. The number of aliphatic hydroxyl groups is 1. The Morgan fingerprint density at radius 3 is 2.59 bits per heavy atom. The Kier molecular flexibility index (Phi) is 11.0. The lowest BCUT2D eigenvalue weighted by molar-refractivity contribution is -0.136. The zero-order chi connectivity index (χ0) is 29.1. The molecular weight excluding hydrogens is 542 g/mol. The quantitative estimate of drug-likeness (QED) is 0.266. The fourth-order valence-corrected chi connectivity index (χ4v) is 6.19. The molecule has 1 fully saturated rings. The number of benzene rings is 3. The number of hydrogen-bond acceptors (Lipinski definition) is 6. The lowest BCUT2D eigenvalue weighted by Crippen LogP contribution is -2.40. The largest absolute Gasteiger partial charge is 0.493 e. The fraction of sp³-hybridized carbons (Fsp3) is 0.344. The van der Waals surface area contributed by atoms with Crippen molar-refractivity contribution in [3.8, 4) is 5.75 Å². The number of carboxylic acid groups (broad SMARTS) is 1. The monoisotopic (exact) mass is 579 g/mol. The maximum Gasteiger partial charge on any atom is 0.303 e. The lowest BCUT2D eigenvalue weighted by Gasteiger charge is -2.31. The average molecular weight is 580 g/mol. The molecule has 1 aliphatic rings. The van der Waals surface area contributed by atoms with Gasteiger partial charge in [0.05, 0.1) is 35.9 Å². The van der Waals surface area contributed by atoms with Crippen molar-refractivity contribution in [2.75, 3.05) is 24.1 Å². The molecule has 1 unspecified atom stereocenters. The van der Waals surface area contributed by atoms with Crippen molar-refractivity contribution in [1.82, 2.24) is 0 Å². The number of aliphatic carboxylic acids is 1. The van der Waals surface area contributed by atoms with Crippen LogP contribution in [0, 0.1) is 0 Å². The van der Waals surface area contributed by atoms with Crippen molar-refractivity contribution < 1.29 is 32.9 Å². The first-order valence-corrected chi connectivity index (χ1v) is 15.3. The van der Waals surface area contributed by atoms with E-state index < -0.39 is 22.1 Å². The zero-order valence-electron chi connectivity index (χ0n) is 23.0. The minimum Gasteiger partial charge on any atom is -0.493 e. The van der Waals surface area contributed by atoms with Crippen molar-refractivity contribution in [2.24, 2.45) is 0 Å². The summed E-state index contributed by atoms with van der Waals surface area (Å²) >= 11 is 0. The van der Waals surface area contributed by atoms with Gasteiger partial charge in [0.15, 0.2) is 0 Å². The molecule has 0 bridgehead atoms. The molecule has 1 heterocycles. The van der Waals surface area contributed by atoms with Crippen LogP contribution < -0.4 is 9.04 Å². The highest BCUT2D eigenvalue weighted by Gasteiger charge is 2.29. The summed E-state index contributed by atoms with van der Waals surface area (Å²) in [7, 11) is -3.82. The third kappa shape index (κ3) is 8.91. The summed E-state index contributed by atoms with van der Waals surface area (Å²) in [5.74, 6) is -0.258. The molecule has 0 radical (unpaired) electrons. The van der Waals surface area contributed by atoms with Gasteiger partial charge in [-0.2, -0.15) is 0 Å². The number of rotatable bonds is 14. The second kappa shape index (κ2) is 14.8. The second-order valence-corrected chi connectivity index (χ2v) is 11.9. The Morgan fingerprint density at radius 1 is 1.05 bits per heavy atom. The van der Waals surface area contributed by atoms with Crippen molar-refractivity contribution in [1.29, 1.82) is 0 Å². The summed E-state index contributed by atoms with van der Waals surface area (Å²) in [4.78, 5) is 11.1. The second-order valence-electron chi connectivity index (χ2n) is 10.00. The van der Waals surface area contributed by atoms with Gasteiger partial charge in [-0.15, -0.1) is 0 Å². The highest BCUT2D eigenvalue weighted by Crippen LogP contribution is 2.27. The maximum atomic E-state index is 13.7. The number of ether oxygens (including phenoxy) is 2. The van der Waals surface area contributed by atoms with E-state index in [0.717, 1.165) is 30.4 Å². The van der Waals surface area contributed by atoms with Gasteiger partial charge in [0.2, 0.25) is 0 Å². The minimum atomic E-state index is -3.82. The Bertz CT molecular complexity index is 1400. The zero-order valence-corrected chi connectivity index (χ0v) is 23.8. The van der Waals surface area contributed by atoms with Crippen molar-refractivity contribution in [2.45, 2.75) is 55.6 Å². The Morgan fingerprint density at radius 2 is 1.83 bits per heavy atom. The topological polar surface area (TPSA) is 113 Å². The van der Waals surface area contributed by atoms with Crippen molar-refractivity contribution >= 4 is 27.8 Å². The predicted octanol–water partition coefficient (Wildman–Crippen LogP) is 5.31. The third-order valence-electron chi connectivity index (χ3n) is 6.90. The molecule has 9 heteroatoms. The minimum absolute atomic E-state index is 0.0164. The summed E-state index contributed by atoms with van der Waals surface area (Å²) in [6.45, 7) is 1.10. The van der Waals surface area contributed by atoms with Crippen LogP contribution in [-0.2, 0) is 26.0 Å². The molecule has 2 atom stereocenters. The number of anilines is 1. The number of para-hydroxylation sites is 1. The summed E-state index contributed by atoms with van der Waals surface area (Å²) in [6.07, 6.45) is 5.95. The molecule has 218 valence electrons. The first kappa shape index (κ1) is 30.3. The number of sulfonamides is 1. The van der Waals surface area contributed by atoms with E-state index in [-0.39, 0.29) is 30.6 Å². The number of aryl methyl sites for hydroxylation is 1. The molecule has 1 saturated heterocycles. The van der Waals surface area contributed by atoms with Crippen LogP contribution in [0.2, 0.25) is 0 Å². The van der Waals surface area contributed by atoms with E-state index in [1.54, 1.807) is 66.7 Å². The van der Waals surface area contributed by atoms with Gasteiger partial charge >= 0.3 is 5.97 Å². The molecule has 4 rings (SSSR count). The van der Waals surface area contributed by atoms with Crippen LogP contribution >= 0.6 is 0 Å². The highest BCUT2D eigenvalue weighted by atomic mass is 32.2. The van der Waals surface area contributed by atoms with E-state index in [0.29, 0.717) is 30.9 Å². The van der Waals surface area contributed by atoms with Gasteiger partial charge in [0.1, 0.15) is 5.75 Å². The number of carbonyl (C=O) groups is 1. The molecule has 3 aromatic rings. The third-order valence-corrected chi connectivity index (χ3v) is 8.70. The standard InChI is InChI=1S/C32H37NO7S/c34-28(20-22-40-31-15-5-4-10-26(31)17-19-32(35)36)18-16-25-9-8-11-27(23-25)33(24-29-12-6-7-21-39-29)41(37,38)30-13-2-1-3-14-30/h1-5,8-11,13-16,18,23,28-29,34H,6-7,12,17,19-22,24H2,(H,35,36)/b18-16+/t28-,29?/m0/s1. The number of hydrogen-bond donors (Lipinski definition) is 2. The molecule has 3 aromatic carbocycles. The Labute approximate surface area is 241 Å². The van der Waals surface area contributed by atoms with Crippen LogP contribution in [0.4, 0.5) is 5.69 Å². The molecule has 41 heavy (non-hydrogen) atoms. The first-order chi connectivity index (χ1) is 19.8. The molecule has 8 nitrogen and oxygen atoms in total. The van der Waals surface area contributed by atoms with Crippen LogP contribution in [0.25, 0.3) is 6.08 Å². The molecule has 2 N–H and O–H groups in total. The van der Waals surface area contributed by atoms with Gasteiger partial charge in [-0.1, -0.05) is 60.7 Å². The SMILES string of the molecule is O=C(O)CCc1ccccc1OCC[C@@H](O)/C=C/c1cccc(N(CC2CCCCO2)S(=O)(=O)c2ccccc2)c1. The Hall–Kier alpha value is -3.66. The maximum absolute atomic E-state index is 13.7. The molecular formula is C32H37NO7S. The Balaban J connectivity index is 1.43. The van der Waals surface area contributed by atoms with Gasteiger partial charge in [-0.3, -0.25) is 9.10 Å². The molecule has 0 amide bonds. The van der Waals surface area contributed by atoms with E-state index in [1.807, 2.05) is 24.3 Å². The lowest BCUT2D eigenvalue weighted by atomic mass is 10.1. The number of nitrogens with zero attached hydrogens (tertiary/aromatic N) is 1. The van der Waals surface area contributed by atoms with Crippen LogP contribution in [0.1, 0.15) is 43.2 Å². The average Bonchev–Trinajstić information content (AvgIpc) is 2.99. The van der Waals surface area contributed by atoms with Crippen LogP contribution in [0.15, 0.2) is 89.8 Å². The molecule has 0 aliphatic carbocycles. The van der Waals surface area contributed by atoms with Gasteiger partial charge < -0.3 is 19.7 Å². The molecule has 0 spiro atoms. The van der Waals surface area contributed by atoms with Gasteiger partial charge in [-0.25, -0.2) is 8.42 Å². The molecule has 1 aliphatic heterocycles. The van der Waals surface area contributed by atoms with E-state index >= 15 is 0 Å². The van der Waals surface area contributed by atoms with E-state index in [1.165, 1.54) is 4.31 Å². The molecule has 0 saturated carbocycles. The first-order valence-electron chi connectivity index (χ1n) is 13.9. The van der Waals surface area contributed by atoms with Crippen molar-refractivity contribution in [3.63, 3.8) is 0 Å². The van der Waals surface area contributed by atoms with E-state index in [2.05, 4.69) is 0 Å². The van der Waals surface area contributed by atoms with E-state index in [4.69, 9.17) is 14.6 Å². The van der Waals surface area contributed by atoms with Crippen LogP contribution in [-0.4, -0.2) is 56.6 Å². The smallest absolute Gasteiger partial charge is 0.303 e. The van der Waals surface area contributed by atoms with E-state index in [9.17, 15) is 18.3 Å². The normalized spacial score (nSPS) is 16.4. The van der Waals surface area contributed by atoms with Crippen LogP contribution in [0.3, 0.4) is 0 Å². The number of aliphatic hydroxyl groups excluding tert-OH is 1. The van der Waals surface area contributed by atoms with Crippen molar-refractivity contribution in [3.05, 3.63) is 96.1 Å². The molecule has 0 aromatic heterocycles. The van der Waals surface area contributed by atoms with Gasteiger partial charge in [0.25, 0.3) is 10.0 Å². The highest BCUT2D eigenvalue weighted by molar-refractivity contribution is 7.92. The van der Waals surface area contributed by atoms with Gasteiger partial charge in [0, 0.05) is 19.4 Å². The van der Waals surface area contributed by atoms with Gasteiger partial charge in [-0.05, 0) is 67.1 Å². The summed E-state index contributed by atoms with van der Waals surface area (Å²) < 4.78 is 40.5. The summed E-state index contributed by atoms with van der Waals surface area (Å²) in [6, 6.07) is 22.9.